The van der Waals surface area contributed by atoms with Gasteiger partial charge in [0.2, 0.25) is 23.6 Å². The highest BCUT2D eigenvalue weighted by Gasteiger charge is 2.51. The van der Waals surface area contributed by atoms with Crippen LogP contribution >= 0.6 is 11.8 Å². The standard InChI is InChI=1S/C43H51F3N4O4S/c1-29-13-8-9-19-36(29)49-25-11-10-18-34(41(49)53)47-39(51)32(27-30-14-4-2-5-15-30)22-23-33(28-31-16-6-3-7-17-31)40(52)48-35-24-26-55-38-21-12-20-37(43(44,45)46)50(38)42(35)54/h2-9,13-17,19,32-35,37-38H,10-12,18,20-28H2,1H3,(H,47,51)(H,48,52)/t32-,33-,34+,35+,37+,38+/m1/s1. The first kappa shape index (κ1) is 40.3. The zero-order chi connectivity index (χ0) is 39.0. The Bertz CT molecular complexity index is 1780. The molecule has 3 heterocycles. The van der Waals surface area contributed by atoms with Crippen molar-refractivity contribution < 1.29 is 32.3 Å². The van der Waals surface area contributed by atoms with E-state index in [1.807, 2.05) is 91.9 Å². The van der Waals surface area contributed by atoms with Gasteiger partial charge in [-0.1, -0.05) is 78.9 Å². The lowest BCUT2D eigenvalue weighted by Gasteiger charge is -2.42. The normalized spacial score (nSPS) is 23.2. The third-order valence-electron chi connectivity index (χ3n) is 11.2. The molecule has 6 atom stereocenters. The van der Waals surface area contributed by atoms with Gasteiger partial charge >= 0.3 is 6.18 Å². The topological polar surface area (TPSA) is 98.8 Å². The van der Waals surface area contributed by atoms with Crippen molar-refractivity contribution in [3.63, 3.8) is 0 Å². The molecular formula is C43H51F3N4O4S. The summed E-state index contributed by atoms with van der Waals surface area (Å²) in [7, 11) is 0. The van der Waals surface area contributed by atoms with Gasteiger partial charge in [0.15, 0.2) is 0 Å². The molecule has 55 heavy (non-hydrogen) atoms. The van der Waals surface area contributed by atoms with Crippen LogP contribution in [0, 0.1) is 18.8 Å². The lowest BCUT2D eigenvalue weighted by molar-refractivity contribution is -0.198. The molecule has 3 saturated heterocycles. The number of rotatable bonds is 12. The zero-order valence-corrected chi connectivity index (χ0v) is 32.1. The molecule has 0 unspecified atom stereocenters. The predicted molar refractivity (Wildman–Crippen MR) is 209 cm³/mol. The Kier molecular flexibility index (Phi) is 13.6. The quantitative estimate of drug-likeness (QED) is 0.200. The maximum absolute atomic E-state index is 14.2. The van der Waals surface area contributed by atoms with Crippen LogP contribution < -0.4 is 15.5 Å². The van der Waals surface area contributed by atoms with E-state index in [-0.39, 0.29) is 31.1 Å². The van der Waals surface area contributed by atoms with Crippen LogP contribution in [0.5, 0.6) is 0 Å². The zero-order valence-electron chi connectivity index (χ0n) is 31.3. The molecule has 0 bridgehead atoms. The fourth-order valence-corrected chi connectivity index (χ4v) is 9.60. The van der Waals surface area contributed by atoms with E-state index in [1.165, 1.54) is 11.8 Å². The second-order valence-corrected chi connectivity index (χ2v) is 16.4. The first-order valence-electron chi connectivity index (χ1n) is 19.6. The fourth-order valence-electron chi connectivity index (χ4n) is 8.21. The van der Waals surface area contributed by atoms with Crippen LogP contribution in [0.4, 0.5) is 18.9 Å². The molecule has 6 rings (SSSR count). The van der Waals surface area contributed by atoms with Gasteiger partial charge < -0.3 is 20.4 Å². The van der Waals surface area contributed by atoms with E-state index in [1.54, 1.807) is 4.90 Å². The average molecular weight is 777 g/mol. The van der Waals surface area contributed by atoms with Gasteiger partial charge in [-0.15, -0.1) is 11.8 Å². The number of para-hydroxylation sites is 1. The van der Waals surface area contributed by atoms with E-state index in [0.717, 1.165) is 40.1 Å². The minimum Gasteiger partial charge on any atom is -0.344 e. The van der Waals surface area contributed by atoms with Gasteiger partial charge in [-0.25, -0.2) is 0 Å². The molecular weight excluding hydrogens is 726 g/mol. The van der Waals surface area contributed by atoms with Crippen molar-refractivity contribution in [2.75, 3.05) is 17.2 Å². The van der Waals surface area contributed by atoms with Crippen LogP contribution in [0.25, 0.3) is 0 Å². The van der Waals surface area contributed by atoms with E-state index in [9.17, 15) is 32.3 Å². The molecule has 0 radical (unpaired) electrons. The molecule has 4 amide bonds. The summed E-state index contributed by atoms with van der Waals surface area (Å²) < 4.78 is 42.4. The summed E-state index contributed by atoms with van der Waals surface area (Å²) in [5.74, 6) is -2.30. The minimum absolute atomic E-state index is 0.144. The largest absolute Gasteiger partial charge is 0.408 e. The lowest BCUT2D eigenvalue weighted by Crippen LogP contribution is -2.59. The predicted octanol–water partition coefficient (Wildman–Crippen LogP) is 7.39. The van der Waals surface area contributed by atoms with Crippen molar-refractivity contribution in [1.29, 1.82) is 0 Å². The summed E-state index contributed by atoms with van der Waals surface area (Å²) in [5, 5.41) is 5.40. The molecule has 0 aromatic heterocycles. The number of benzene rings is 3. The number of piperidine rings is 1. The molecule has 3 aliphatic rings. The van der Waals surface area contributed by atoms with Crippen molar-refractivity contribution in [1.82, 2.24) is 15.5 Å². The Morgan fingerprint density at radius 1 is 0.727 bits per heavy atom. The number of nitrogens with one attached hydrogen (secondary N) is 2. The van der Waals surface area contributed by atoms with E-state index in [0.29, 0.717) is 50.8 Å². The Morgan fingerprint density at radius 2 is 1.29 bits per heavy atom. The van der Waals surface area contributed by atoms with Crippen molar-refractivity contribution in [2.24, 2.45) is 11.8 Å². The number of carbonyl (C=O) groups is 4. The van der Waals surface area contributed by atoms with Gasteiger partial charge in [0.1, 0.15) is 18.1 Å². The number of anilines is 1. The van der Waals surface area contributed by atoms with Gasteiger partial charge in [0.25, 0.3) is 0 Å². The number of hydrogen-bond donors (Lipinski definition) is 2. The van der Waals surface area contributed by atoms with Crippen LogP contribution in [-0.4, -0.2) is 70.5 Å². The second-order valence-electron chi connectivity index (χ2n) is 15.1. The van der Waals surface area contributed by atoms with Gasteiger partial charge in [-0.3, -0.25) is 19.2 Å². The van der Waals surface area contributed by atoms with Gasteiger partial charge in [0.05, 0.1) is 5.37 Å². The molecule has 0 saturated carbocycles. The molecule has 3 fully saturated rings. The molecule has 0 spiro atoms. The average Bonchev–Trinajstić information content (AvgIpc) is 3.45. The third-order valence-corrected chi connectivity index (χ3v) is 12.5. The van der Waals surface area contributed by atoms with Crippen molar-refractivity contribution in [2.45, 2.75) is 107 Å². The number of alkyl halides is 3. The monoisotopic (exact) mass is 776 g/mol. The second kappa shape index (κ2) is 18.5. The molecule has 8 nitrogen and oxygen atoms in total. The number of fused-ring (bicyclic) bond motifs is 1. The molecule has 3 aliphatic heterocycles. The first-order valence-corrected chi connectivity index (χ1v) is 20.6. The number of amides is 4. The number of carbonyl (C=O) groups excluding carboxylic acids is 4. The summed E-state index contributed by atoms with van der Waals surface area (Å²) in [6, 6.07) is 23.1. The maximum atomic E-state index is 14.2. The summed E-state index contributed by atoms with van der Waals surface area (Å²) in [4.78, 5) is 58.9. The van der Waals surface area contributed by atoms with Crippen LogP contribution in [-0.2, 0) is 32.0 Å². The highest BCUT2D eigenvalue weighted by Crippen LogP contribution is 2.40. The van der Waals surface area contributed by atoms with E-state index in [4.69, 9.17) is 0 Å². The van der Waals surface area contributed by atoms with E-state index in [2.05, 4.69) is 10.6 Å². The van der Waals surface area contributed by atoms with E-state index >= 15 is 0 Å². The van der Waals surface area contributed by atoms with Crippen molar-refractivity contribution in [3.05, 3.63) is 102 Å². The SMILES string of the molecule is Cc1ccccc1N1CCCC[C@H](NC(=O)[C@H](CC[C@H](Cc2ccccc2)C(=O)N[C@H]2CCS[C@H]3CCC[C@@H](C(F)(F)F)N3C2=O)Cc2ccccc2)C1=O. The Hall–Kier alpha value is -4.32. The maximum Gasteiger partial charge on any atom is 0.408 e. The summed E-state index contributed by atoms with van der Waals surface area (Å²) in [5.41, 5.74) is 3.65. The van der Waals surface area contributed by atoms with Crippen LogP contribution in [0.1, 0.15) is 74.5 Å². The number of aryl methyl sites for hydroxylation is 1. The summed E-state index contributed by atoms with van der Waals surface area (Å²) in [6.07, 6.45) is -0.169. The Balaban J connectivity index is 1.20. The number of nitrogens with zero attached hydrogens (tertiary/aromatic N) is 2. The van der Waals surface area contributed by atoms with Crippen molar-refractivity contribution in [3.8, 4) is 0 Å². The van der Waals surface area contributed by atoms with Gasteiger partial charge in [-0.05, 0) is 106 Å². The Morgan fingerprint density at radius 3 is 1.87 bits per heavy atom. The third kappa shape index (κ3) is 10.3. The molecule has 12 heteroatoms. The molecule has 2 N–H and O–H groups in total. The fraction of sp³-hybridized carbons (Fsp3) is 0.488. The first-order chi connectivity index (χ1) is 26.5. The molecule has 3 aromatic rings. The van der Waals surface area contributed by atoms with Crippen LogP contribution in [0.3, 0.4) is 0 Å². The smallest absolute Gasteiger partial charge is 0.344 e. The minimum atomic E-state index is -4.56. The van der Waals surface area contributed by atoms with Crippen LogP contribution in [0.2, 0.25) is 0 Å². The summed E-state index contributed by atoms with van der Waals surface area (Å²) >= 11 is 1.35. The number of thioether (sulfide) groups is 1. The highest BCUT2D eigenvalue weighted by atomic mass is 32.2. The lowest BCUT2D eigenvalue weighted by atomic mass is 9.86. The molecule has 294 valence electrons. The number of hydrogen-bond acceptors (Lipinski definition) is 5. The van der Waals surface area contributed by atoms with Crippen molar-refractivity contribution >= 4 is 41.1 Å². The van der Waals surface area contributed by atoms with Gasteiger partial charge in [0, 0.05) is 24.1 Å². The number of halogens is 3. The Labute approximate surface area is 326 Å². The van der Waals surface area contributed by atoms with Crippen LogP contribution in [0.15, 0.2) is 84.9 Å². The highest BCUT2D eigenvalue weighted by molar-refractivity contribution is 7.99. The molecule has 0 aliphatic carbocycles. The van der Waals surface area contributed by atoms with Gasteiger partial charge in [-0.2, -0.15) is 13.2 Å². The van der Waals surface area contributed by atoms with E-state index < -0.39 is 53.3 Å². The summed E-state index contributed by atoms with van der Waals surface area (Å²) in [6.45, 7) is 2.53. The molecule has 3 aromatic carbocycles.